The van der Waals surface area contributed by atoms with Gasteiger partial charge in [-0.3, -0.25) is 0 Å². The van der Waals surface area contributed by atoms with E-state index in [0.29, 0.717) is 6.61 Å². The fourth-order valence-corrected chi connectivity index (χ4v) is 2.79. The van der Waals surface area contributed by atoms with Gasteiger partial charge in [0, 0.05) is 6.61 Å². The van der Waals surface area contributed by atoms with Crippen LogP contribution in [0.5, 0.6) is 0 Å². The Hall–Kier alpha value is -0.340. The van der Waals surface area contributed by atoms with E-state index in [2.05, 4.69) is 19.9 Å². The number of hydrogen-bond donors (Lipinski definition) is 2. The van der Waals surface area contributed by atoms with Crippen LogP contribution < -0.4 is 0 Å². The highest BCUT2D eigenvalue weighted by atomic mass is 16.3. The Morgan fingerprint density at radius 3 is 1.68 bits per heavy atom. The minimum atomic E-state index is -0.0767. The second kappa shape index (κ2) is 17.0. The van der Waals surface area contributed by atoms with Gasteiger partial charge in [0.25, 0.3) is 0 Å². The molecule has 0 fully saturated rings. The zero-order valence-electron chi connectivity index (χ0n) is 15.2. The first kappa shape index (κ1) is 21.7. The van der Waals surface area contributed by atoms with Crippen LogP contribution in [0.15, 0.2) is 11.6 Å². The summed E-state index contributed by atoms with van der Waals surface area (Å²) in [5, 5.41) is 18.7. The molecule has 2 N–H and O–H groups in total. The molecule has 2 nitrogen and oxygen atoms in total. The molecule has 0 aliphatic heterocycles. The standard InChI is InChI=1S/C20H40O2/c1-19(2)15-11-7-6-9-13-17-20(22)16-12-8-4-3-5-10-14-18-21/h15,20-22H,3-14,16-18H2,1-2H3. The maximum atomic E-state index is 9.96. The molecule has 0 aliphatic carbocycles. The zero-order chi connectivity index (χ0) is 16.5. The molecule has 0 amide bonds. The summed E-state index contributed by atoms with van der Waals surface area (Å²) in [7, 11) is 0. The van der Waals surface area contributed by atoms with Gasteiger partial charge in [0.15, 0.2) is 0 Å². The number of aliphatic hydroxyl groups is 2. The van der Waals surface area contributed by atoms with E-state index in [-0.39, 0.29) is 6.10 Å². The molecule has 1 unspecified atom stereocenters. The molecule has 0 aromatic heterocycles. The molecule has 2 heteroatoms. The highest BCUT2D eigenvalue weighted by Crippen LogP contribution is 2.14. The monoisotopic (exact) mass is 312 g/mol. The normalized spacial score (nSPS) is 12.4. The fourth-order valence-electron chi connectivity index (χ4n) is 2.79. The molecular weight excluding hydrogens is 272 g/mol. The van der Waals surface area contributed by atoms with E-state index in [4.69, 9.17) is 5.11 Å². The van der Waals surface area contributed by atoms with Crippen LogP contribution in [-0.4, -0.2) is 22.9 Å². The maximum absolute atomic E-state index is 9.96. The Morgan fingerprint density at radius 1 is 0.727 bits per heavy atom. The molecule has 22 heavy (non-hydrogen) atoms. The lowest BCUT2D eigenvalue weighted by Gasteiger charge is -2.10. The highest BCUT2D eigenvalue weighted by Gasteiger charge is 2.03. The summed E-state index contributed by atoms with van der Waals surface area (Å²) in [5.41, 5.74) is 1.42. The van der Waals surface area contributed by atoms with Gasteiger partial charge in [-0.1, -0.05) is 69.4 Å². The molecule has 1 atom stereocenters. The average molecular weight is 313 g/mol. The van der Waals surface area contributed by atoms with Crippen molar-refractivity contribution in [1.29, 1.82) is 0 Å². The van der Waals surface area contributed by atoms with Crippen molar-refractivity contribution < 1.29 is 10.2 Å². The lowest BCUT2D eigenvalue weighted by atomic mass is 10.0. The Kier molecular flexibility index (Phi) is 16.8. The van der Waals surface area contributed by atoms with Crippen LogP contribution in [0.2, 0.25) is 0 Å². The maximum Gasteiger partial charge on any atom is 0.0540 e. The zero-order valence-corrected chi connectivity index (χ0v) is 15.2. The van der Waals surface area contributed by atoms with Crippen LogP contribution in [-0.2, 0) is 0 Å². The molecule has 132 valence electrons. The molecular formula is C20H40O2. The minimum absolute atomic E-state index is 0.0767. The first-order valence-electron chi connectivity index (χ1n) is 9.59. The molecule has 0 radical (unpaired) electrons. The van der Waals surface area contributed by atoms with Crippen molar-refractivity contribution in [2.24, 2.45) is 0 Å². The number of allylic oxidation sites excluding steroid dienone is 2. The molecule has 0 aliphatic rings. The SMILES string of the molecule is CC(C)=CCCCCCCC(O)CCCCCCCCCO. The molecule has 0 saturated carbocycles. The lowest BCUT2D eigenvalue weighted by Crippen LogP contribution is -2.05. The highest BCUT2D eigenvalue weighted by molar-refractivity contribution is 4.92. The van der Waals surface area contributed by atoms with E-state index in [9.17, 15) is 5.11 Å². The van der Waals surface area contributed by atoms with Gasteiger partial charge in [-0.25, -0.2) is 0 Å². The van der Waals surface area contributed by atoms with Crippen molar-refractivity contribution in [3.8, 4) is 0 Å². The van der Waals surface area contributed by atoms with Crippen molar-refractivity contribution in [1.82, 2.24) is 0 Å². The van der Waals surface area contributed by atoms with Gasteiger partial charge in [0.2, 0.25) is 0 Å². The summed E-state index contributed by atoms with van der Waals surface area (Å²) in [4.78, 5) is 0. The Bertz CT molecular complexity index is 244. The second-order valence-electron chi connectivity index (χ2n) is 6.91. The van der Waals surface area contributed by atoms with Gasteiger partial charge in [0.05, 0.1) is 6.10 Å². The van der Waals surface area contributed by atoms with E-state index >= 15 is 0 Å². The average Bonchev–Trinajstić information content (AvgIpc) is 2.48. The van der Waals surface area contributed by atoms with Crippen LogP contribution in [0.3, 0.4) is 0 Å². The first-order valence-corrected chi connectivity index (χ1v) is 9.59. The topological polar surface area (TPSA) is 40.5 Å². The predicted octanol–water partition coefficient (Wildman–Crippen LogP) is 5.77. The molecule has 0 spiro atoms. The fraction of sp³-hybridized carbons (Fsp3) is 0.900. The molecule has 0 rings (SSSR count). The van der Waals surface area contributed by atoms with E-state index in [1.807, 2.05) is 0 Å². The summed E-state index contributed by atoms with van der Waals surface area (Å²) < 4.78 is 0. The smallest absolute Gasteiger partial charge is 0.0540 e. The summed E-state index contributed by atoms with van der Waals surface area (Å²) >= 11 is 0. The predicted molar refractivity (Wildman–Crippen MR) is 97.2 cm³/mol. The van der Waals surface area contributed by atoms with Crippen molar-refractivity contribution in [2.75, 3.05) is 6.61 Å². The molecule has 0 bridgehead atoms. The summed E-state index contributed by atoms with van der Waals surface area (Å²) in [6.07, 6.45) is 18.8. The van der Waals surface area contributed by atoms with Crippen LogP contribution in [0.4, 0.5) is 0 Å². The van der Waals surface area contributed by atoms with Crippen LogP contribution in [0.25, 0.3) is 0 Å². The third-order valence-electron chi connectivity index (χ3n) is 4.24. The Morgan fingerprint density at radius 2 is 1.18 bits per heavy atom. The third-order valence-corrected chi connectivity index (χ3v) is 4.24. The van der Waals surface area contributed by atoms with Crippen molar-refractivity contribution >= 4 is 0 Å². The summed E-state index contributed by atoms with van der Waals surface area (Å²) in [6.45, 7) is 4.65. The third kappa shape index (κ3) is 17.7. The molecule has 0 saturated heterocycles. The van der Waals surface area contributed by atoms with Gasteiger partial charge in [0.1, 0.15) is 0 Å². The van der Waals surface area contributed by atoms with Gasteiger partial charge in [-0.2, -0.15) is 0 Å². The van der Waals surface area contributed by atoms with Gasteiger partial charge < -0.3 is 10.2 Å². The lowest BCUT2D eigenvalue weighted by molar-refractivity contribution is 0.147. The van der Waals surface area contributed by atoms with Crippen LogP contribution in [0.1, 0.15) is 104 Å². The molecule has 0 aromatic carbocycles. The molecule has 0 heterocycles. The summed E-state index contributed by atoms with van der Waals surface area (Å²) in [6, 6.07) is 0. The van der Waals surface area contributed by atoms with E-state index in [0.717, 1.165) is 25.7 Å². The summed E-state index contributed by atoms with van der Waals surface area (Å²) in [5.74, 6) is 0. The minimum Gasteiger partial charge on any atom is -0.396 e. The largest absolute Gasteiger partial charge is 0.396 e. The van der Waals surface area contributed by atoms with Crippen LogP contribution in [0, 0.1) is 0 Å². The second-order valence-corrected chi connectivity index (χ2v) is 6.91. The van der Waals surface area contributed by atoms with Crippen LogP contribution >= 0.6 is 0 Å². The van der Waals surface area contributed by atoms with E-state index < -0.39 is 0 Å². The number of unbranched alkanes of at least 4 members (excludes halogenated alkanes) is 10. The number of aliphatic hydroxyl groups excluding tert-OH is 2. The Labute approximate surface area is 139 Å². The molecule has 0 aromatic rings. The first-order chi connectivity index (χ1) is 10.7. The van der Waals surface area contributed by atoms with Crippen molar-refractivity contribution in [3.05, 3.63) is 11.6 Å². The van der Waals surface area contributed by atoms with Crippen molar-refractivity contribution in [3.63, 3.8) is 0 Å². The Balaban J connectivity index is 3.19. The van der Waals surface area contributed by atoms with Gasteiger partial charge in [-0.15, -0.1) is 0 Å². The quantitative estimate of drug-likeness (QED) is 0.281. The van der Waals surface area contributed by atoms with Crippen molar-refractivity contribution in [2.45, 2.75) is 110 Å². The number of hydrogen-bond acceptors (Lipinski definition) is 2. The number of rotatable bonds is 16. The van der Waals surface area contributed by atoms with Gasteiger partial charge >= 0.3 is 0 Å². The van der Waals surface area contributed by atoms with Gasteiger partial charge in [-0.05, 0) is 46.0 Å². The van der Waals surface area contributed by atoms with E-state index in [1.165, 1.54) is 69.8 Å². The van der Waals surface area contributed by atoms with E-state index in [1.54, 1.807) is 0 Å².